The van der Waals surface area contributed by atoms with Crippen molar-refractivity contribution in [1.82, 2.24) is 4.31 Å². The first-order chi connectivity index (χ1) is 12.5. The predicted octanol–water partition coefficient (Wildman–Crippen LogP) is 3.52. The van der Waals surface area contributed by atoms with Crippen LogP contribution in [0.4, 0.5) is 0 Å². The van der Waals surface area contributed by atoms with Crippen LogP contribution < -0.4 is 0 Å². The Kier molecular flexibility index (Phi) is 5.55. The fourth-order valence-corrected chi connectivity index (χ4v) is 4.63. The van der Waals surface area contributed by atoms with Gasteiger partial charge >= 0.3 is 5.97 Å². The highest BCUT2D eigenvalue weighted by molar-refractivity contribution is 7.89. The third-order valence-corrected chi connectivity index (χ3v) is 6.43. The molecule has 3 rings (SSSR count). The topological polar surface area (TPSA) is 76.8 Å². The Morgan fingerprint density at radius 1 is 1.15 bits per heavy atom. The fraction of sp³-hybridized carbons (Fsp3) is 0.167. The first-order valence-corrected chi connectivity index (χ1v) is 10.0. The van der Waals surface area contributed by atoms with E-state index in [1.807, 2.05) is 17.5 Å². The highest BCUT2D eigenvalue weighted by atomic mass is 32.2. The maximum absolute atomic E-state index is 13.1. The Bertz CT molecular complexity index is 909. The summed E-state index contributed by atoms with van der Waals surface area (Å²) in [6, 6.07) is 11.2. The van der Waals surface area contributed by atoms with E-state index >= 15 is 0 Å². The number of hydrogen-bond acceptors (Lipinski definition) is 6. The molecule has 1 aromatic carbocycles. The summed E-state index contributed by atoms with van der Waals surface area (Å²) >= 11 is 1.49. The molecule has 0 unspecified atom stereocenters. The van der Waals surface area contributed by atoms with Crippen molar-refractivity contribution < 1.29 is 22.4 Å². The van der Waals surface area contributed by atoms with Crippen LogP contribution in [0.25, 0.3) is 0 Å². The van der Waals surface area contributed by atoms with Crippen molar-refractivity contribution in [2.24, 2.45) is 0 Å². The van der Waals surface area contributed by atoms with Gasteiger partial charge in [0.15, 0.2) is 0 Å². The Balaban J connectivity index is 1.91. The summed E-state index contributed by atoms with van der Waals surface area (Å²) in [4.78, 5) is 12.6. The van der Waals surface area contributed by atoms with Crippen LogP contribution in [0, 0.1) is 0 Å². The van der Waals surface area contributed by atoms with Crippen molar-refractivity contribution in [3.63, 3.8) is 0 Å². The van der Waals surface area contributed by atoms with Crippen LogP contribution in [0.1, 0.15) is 20.8 Å². The van der Waals surface area contributed by atoms with E-state index in [9.17, 15) is 13.2 Å². The lowest BCUT2D eigenvalue weighted by molar-refractivity contribution is 0.0600. The standard InChI is InChI=1S/C18H17NO5S2/c1-23-18(20)15-4-6-17(7-5-15)26(21,22)19(11-14-8-9-24-13-14)12-16-3-2-10-25-16/h2-10,13H,11-12H2,1H3. The molecule has 0 saturated heterocycles. The average Bonchev–Trinajstić information content (AvgIpc) is 3.34. The van der Waals surface area contributed by atoms with Crippen LogP contribution in [0.15, 0.2) is 69.7 Å². The number of carbonyl (C=O) groups is 1. The molecule has 0 spiro atoms. The third-order valence-electron chi connectivity index (χ3n) is 3.76. The number of thiophene rings is 1. The number of furan rings is 1. The Morgan fingerprint density at radius 2 is 1.92 bits per heavy atom. The molecule has 0 N–H and O–H groups in total. The summed E-state index contributed by atoms with van der Waals surface area (Å²) in [6.07, 6.45) is 3.04. The molecule has 6 nitrogen and oxygen atoms in total. The molecule has 0 atom stereocenters. The molecule has 3 aromatic rings. The van der Waals surface area contributed by atoms with Crippen molar-refractivity contribution in [2.45, 2.75) is 18.0 Å². The molecule has 0 bridgehead atoms. The lowest BCUT2D eigenvalue weighted by atomic mass is 10.2. The van der Waals surface area contributed by atoms with Crippen molar-refractivity contribution in [1.29, 1.82) is 0 Å². The van der Waals surface area contributed by atoms with E-state index in [2.05, 4.69) is 4.74 Å². The predicted molar refractivity (Wildman–Crippen MR) is 97.2 cm³/mol. The van der Waals surface area contributed by atoms with Gasteiger partial charge < -0.3 is 9.15 Å². The van der Waals surface area contributed by atoms with Crippen LogP contribution in [0.2, 0.25) is 0 Å². The lowest BCUT2D eigenvalue weighted by Crippen LogP contribution is -2.30. The molecule has 2 heterocycles. The van der Waals surface area contributed by atoms with Gasteiger partial charge in [-0.3, -0.25) is 0 Å². The molecule has 0 aliphatic heterocycles. The monoisotopic (exact) mass is 391 g/mol. The van der Waals surface area contributed by atoms with Gasteiger partial charge in [-0.25, -0.2) is 13.2 Å². The minimum atomic E-state index is -3.76. The third kappa shape index (κ3) is 4.04. The van der Waals surface area contributed by atoms with Gasteiger partial charge in [-0.2, -0.15) is 4.31 Å². The smallest absolute Gasteiger partial charge is 0.337 e. The van der Waals surface area contributed by atoms with E-state index in [1.165, 1.54) is 59.5 Å². The van der Waals surface area contributed by atoms with E-state index < -0.39 is 16.0 Å². The number of nitrogens with zero attached hydrogens (tertiary/aromatic N) is 1. The zero-order valence-corrected chi connectivity index (χ0v) is 15.6. The highest BCUT2D eigenvalue weighted by Crippen LogP contribution is 2.23. The number of hydrogen-bond donors (Lipinski definition) is 0. The molecule has 0 amide bonds. The van der Waals surface area contributed by atoms with Gasteiger partial charge in [0.25, 0.3) is 0 Å². The highest BCUT2D eigenvalue weighted by Gasteiger charge is 2.26. The van der Waals surface area contributed by atoms with Crippen LogP contribution >= 0.6 is 11.3 Å². The molecular formula is C18H17NO5S2. The number of esters is 1. The largest absolute Gasteiger partial charge is 0.472 e. The van der Waals surface area contributed by atoms with Crippen molar-refractivity contribution >= 4 is 27.3 Å². The van der Waals surface area contributed by atoms with E-state index in [4.69, 9.17) is 4.42 Å². The van der Waals surface area contributed by atoms with Crippen LogP contribution in [0.5, 0.6) is 0 Å². The number of methoxy groups -OCH3 is 1. The molecule has 8 heteroatoms. The molecular weight excluding hydrogens is 374 g/mol. The fourth-order valence-electron chi connectivity index (χ4n) is 2.42. The second-order valence-corrected chi connectivity index (χ2v) is 8.47. The van der Waals surface area contributed by atoms with Crippen LogP contribution in [-0.2, 0) is 27.8 Å². The molecule has 2 aromatic heterocycles. The second kappa shape index (κ2) is 7.86. The van der Waals surface area contributed by atoms with E-state index in [0.29, 0.717) is 5.56 Å². The van der Waals surface area contributed by atoms with Crippen molar-refractivity contribution in [3.8, 4) is 0 Å². The van der Waals surface area contributed by atoms with Gasteiger partial charge in [0.05, 0.1) is 30.1 Å². The van der Waals surface area contributed by atoms with Crippen LogP contribution in [-0.4, -0.2) is 25.8 Å². The first kappa shape index (κ1) is 18.4. The SMILES string of the molecule is COC(=O)c1ccc(S(=O)(=O)N(Cc2ccoc2)Cc2cccs2)cc1. The van der Waals surface area contributed by atoms with E-state index in [1.54, 1.807) is 6.07 Å². The summed E-state index contributed by atoms with van der Waals surface area (Å²) in [5.74, 6) is -0.511. The zero-order valence-electron chi connectivity index (χ0n) is 14.0. The minimum absolute atomic E-state index is 0.116. The lowest BCUT2D eigenvalue weighted by Gasteiger charge is -2.21. The minimum Gasteiger partial charge on any atom is -0.472 e. The van der Waals surface area contributed by atoms with Gasteiger partial charge in [-0.15, -0.1) is 11.3 Å². The quantitative estimate of drug-likeness (QED) is 0.576. The van der Waals surface area contributed by atoms with Gasteiger partial charge in [0.2, 0.25) is 10.0 Å². The summed E-state index contributed by atoms with van der Waals surface area (Å²) in [6.45, 7) is 0.444. The number of rotatable bonds is 7. The number of carbonyl (C=O) groups excluding carboxylic acids is 1. The van der Waals surface area contributed by atoms with Crippen molar-refractivity contribution in [3.05, 3.63) is 76.4 Å². The summed E-state index contributed by atoms with van der Waals surface area (Å²) in [5, 5.41) is 1.91. The molecule has 0 aliphatic rings. The maximum Gasteiger partial charge on any atom is 0.337 e. The normalized spacial score (nSPS) is 11.6. The first-order valence-electron chi connectivity index (χ1n) is 7.72. The summed E-state index contributed by atoms with van der Waals surface area (Å²) in [5.41, 5.74) is 1.06. The van der Waals surface area contributed by atoms with E-state index in [-0.39, 0.29) is 18.0 Å². The summed E-state index contributed by atoms with van der Waals surface area (Å²) < 4.78 is 37.3. The molecule has 26 heavy (non-hydrogen) atoms. The molecule has 136 valence electrons. The number of ether oxygens (including phenoxy) is 1. The molecule has 0 aliphatic carbocycles. The average molecular weight is 391 g/mol. The number of sulfonamides is 1. The molecule has 0 saturated carbocycles. The van der Waals surface area contributed by atoms with E-state index in [0.717, 1.165) is 10.4 Å². The van der Waals surface area contributed by atoms with Gasteiger partial charge in [-0.05, 0) is 41.8 Å². The zero-order chi connectivity index (χ0) is 18.6. The maximum atomic E-state index is 13.1. The Morgan fingerprint density at radius 3 is 2.50 bits per heavy atom. The van der Waals surface area contributed by atoms with Gasteiger partial charge in [0, 0.05) is 23.5 Å². The Hall–Kier alpha value is -2.42. The van der Waals surface area contributed by atoms with Crippen LogP contribution in [0.3, 0.4) is 0 Å². The molecule has 0 fully saturated rings. The van der Waals surface area contributed by atoms with Crippen molar-refractivity contribution in [2.75, 3.05) is 7.11 Å². The number of benzene rings is 1. The second-order valence-electron chi connectivity index (χ2n) is 5.50. The molecule has 0 radical (unpaired) electrons. The Labute approximate surface area is 155 Å². The van der Waals surface area contributed by atoms with Gasteiger partial charge in [0.1, 0.15) is 0 Å². The van der Waals surface area contributed by atoms with Gasteiger partial charge in [-0.1, -0.05) is 6.07 Å². The summed E-state index contributed by atoms with van der Waals surface area (Å²) in [7, 11) is -2.48.